The van der Waals surface area contributed by atoms with Gasteiger partial charge in [-0.05, 0) is 31.4 Å². The number of benzene rings is 1. The highest BCUT2D eigenvalue weighted by Gasteiger charge is 2.36. The second-order valence-electron chi connectivity index (χ2n) is 5.13. The van der Waals surface area contributed by atoms with Gasteiger partial charge in [-0.15, -0.1) is 6.58 Å². The molecule has 3 nitrogen and oxygen atoms in total. The van der Waals surface area contributed by atoms with Gasteiger partial charge in [0, 0.05) is 7.11 Å². The molecule has 0 saturated carbocycles. The van der Waals surface area contributed by atoms with Crippen LogP contribution in [0, 0.1) is 0 Å². The van der Waals surface area contributed by atoms with E-state index < -0.39 is 26.2 Å². The Balaban J connectivity index is 2.79. The molecular weight excluding hydrogens is 288 g/mol. The zero-order valence-electron chi connectivity index (χ0n) is 12.5. The Labute approximate surface area is 120 Å². The van der Waals surface area contributed by atoms with Gasteiger partial charge in [0.2, 0.25) is 0 Å². The van der Waals surface area contributed by atoms with Crippen molar-refractivity contribution in [3.63, 3.8) is 0 Å². The van der Waals surface area contributed by atoms with Gasteiger partial charge in [-0.1, -0.05) is 36.0 Å². The number of hydrogen-bond donors (Lipinski definition) is 0. The quantitative estimate of drug-likeness (QED) is 0.724. The Morgan fingerprint density at radius 2 is 1.68 bits per heavy atom. The van der Waals surface area contributed by atoms with E-state index in [2.05, 4.69) is 44.9 Å². The van der Waals surface area contributed by atoms with E-state index in [1.807, 2.05) is 23.9 Å². The lowest BCUT2D eigenvalue weighted by Gasteiger charge is -2.32. The smallest absolute Gasteiger partial charge is 0.360 e. The lowest BCUT2D eigenvalue weighted by Crippen LogP contribution is -2.54. The van der Waals surface area contributed by atoms with E-state index in [0.717, 1.165) is 5.19 Å². The van der Waals surface area contributed by atoms with Crippen LogP contribution in [0.1, 0.15) is 0 Å². The van der Waals surface area contributed by atoms with Gasteiger partial charge in [0.15, 0.2) is 8.32 Å². The average Bonchev–Trinajstić information content (AvgIpc) is 2.39. The first-order valence-electron chi connectivity index (χ1n) is 6.43. The van der Waals surface area contributed by atoms with Gasteiger partial charge in [-0.2, -0.15) is 0 Å². The van der Waals surface area contributed by atoms with E-state index in [9.17, 15) is 0 Å². The van der Waals surface area contributed by atoms with Crippen LogP contribution in [0.25, 0.3) is 0 Å². The predicted molar refractivity (Wildman–Crippen MR) is 87.6 cm³/mol. The topological polar surface area (TPSA) is 27.7 Å². The monoisotopic (exact) mass is 312 g/mol. The molecule has 0 aromatic heterocycles. The van der Waals surface area contributed by atoms with Gasteiger partial charge in [0.05, 0.1) is 0 Å². The second kappa shape index (κ2) is 6.78. The third kappa shape index (κ3) is 4.83. The van der Waals surface area contributed by atoms with Crippen molar-refractivity contribution in [2.75, 3.05) is 7.11 Å². The van der Waals surface area contributed by atoms with Gasteiger partial charge in [-0.25, -0.2) is 0 Å². The number of hydrogen-bond acceptors (Lipinski definition) is 3. The first-order chi connectivity index (χ1) is 8.83. The summed E-state index contributed by atoms with van der Waals surface area (Å²) in [5.41, 5.74) is 1.94. The molecule has 0 amide bonds. The highest BCUT2D eigenvalue weighted by atomic mass is 28.5. The normalized spacial score (nSPS) is 16.7. The Hall–Kier alpha value is -0.509. The second-order valence-corrected chi connectivity index (χ2v) is 14.6. The minimum atomic E-state index is -2.35. The summed E-state index contributed by atoms with van der Waals surface area (Å²) in [6.45, 7) is 12.2. The van der Waals surface area contributed by atoms with E-state index in [1.54, 1.807) is 7.11 Å². The van der Waals surface area contributed by atoms with E-state index in [1.165, 1.54) is 0 Å². The van der Waals surface area contributed by atoms with Crippen LogP contribution in [0.15, 0.2) is 42.6 Å². The predicted octanol–water partition coefficient (Wildman–Crippen LogP) is 2.43. The van der Waals surface area contributed by atoms with Crippen LogP contribution in [-0.4, -0.2) is 33.3 Å². The number of rotatable bonds is 7. The summed E-state index contributed by atoms with van der Waals surface area (Å²) in [6, 6.07) is 10.1. The van der Waals surface area contributed by atoms with Gasteiger partial charge in [-0.3, -0.25) is 0 Å². The maximum absolute atomic E-state index is 6.23. The molecule has 0 saturated heterocycles. The van der Waals surface area contributed by atoms with Crippen molar-refractivity contribution in [1.82, 2.24) is 0 Å². The molecule has 106 valence electrons. The standard InChI is InChI=1S/C13H24O3Si3/c1-7-18(4,5)15-17(3)16-19(6,14-2)13-11-9-8-10-12-13/h7-12,17H,1H2,2-6H3. The van der Waals surface area contributed by atoms with E-state index in [-0.39, 0.29) is 0 Å². The highest BCUT2D eigenvalue weighted by molar-refractivity contribution is 6.87. The highest BCUT2D eigenvalue weighted by Crippen LogP contribution is 2.13. The van der Waals surface area contributed by atoms with Crippen molar-refractivity contribution in [3.8, 4) is 0 Å². The molecule has 0 aliphatic heterocycles. The third-order valence-electron chi connectivity index (χ3n) is 3.04. The zero-order valence-corrected chi connectivity index (χ0v) is 15.6. The van der Waals surface area contributed by atoms with Gasteiger partial charge < -0.3 is 12.7 Å². The molecule has 2 unspecified atom stereocenters. The summed E-state index contributed by atoms with van der Waals surface area (Å²) in [7, 11) is -4.15. The van der Waals surface area contributed by atoms with E-state index in [4.69, 9.17) is 12.7 Å². The van der Waals surface area contributed by atoms with Crippen LogP contribution in [0.5, 0.6) is 0 Å². The van der Waals surface area contributed by atoms with Crippen LogP contribution < -0.4 is 5.19 Å². The molecule has 0 fully saturated rings. The summed E-state index contributed by atoms with van der Waals surface area (Å²) >= 11 is 0. The molecular formula is C13H24O3Si3. The molecule has 1 aromatic rings. The van der Waals surface area contributed by atoms with Crippen LogP contribution in [-0.2, 0) is 12.7 Å². The molecule has 0 N–H and O–H groups in total. The van der Waals surface area contributed by atoms with E-state index >= 15 is 0 Å². The van der Waals surface area contributed by atoms with Gasteiger partial charge in [0.25, 0.3) is 9.28 Å². The van der Waals surface area contributed by atoms with Crippen LogP contribution >= 0.6 is 0 Å². The molecule has 0 aliphatic carbocycles. The molecule has 6 heteroatoms. The lowest BCUT2D eigenvalue weighted by molar-refractivity contribution is 0.300. The Morgan fingerprint density at radius 3 is 2.16 bits per heavy atom. The minimum absolute atomic E-state index is 1.14. The van der Waals surface area contributed by atoms with E-state index in [0.29, 0.717) is 0 Å². The minimum Gasteiger partial charge on any atom is -0.435 e. The van der Waals surface area contributed by atoms with Crippen LogP contribution in [0.4, 0.5) is 0 Å². The molecule has 0 spiro atoms. The van der Waals surface area contributed by atoms with Crippen LogP contribution in [0.3, 0.4) is 0 Å². The SMILES string of the molecule is C=C[Si](C)(C)O[SiH](C)O[Si](C)(OC)c1ccccc1. The van der Waals surface area contributed by atoms with Crippen LogP contribution in [0.2, 0.25) is 26.2 Å². The summed E-state index contributed by atoms with van der Waals surface area (Å²) in [6.07, 6.45) is 0. The van der Waals surface area contributed by atoms with Crippen molar-refractivity contribution >= 4 is 31.3 Å². The van der Waals surface area contributed by atoms with Crippen molar-refractivity contribution in [3.05, 3.63) is 42.6 Å². The molecule has 2 atom stereocenters. The lowest BCUT2D eigenvalue weighted by atomic mass is 10.4. The molecule has 0 heterocycles. The molecule has 19 heavy (non-hydrogen) atoms. The molecule has 1 aromatic carbocycles. The van der Waals surface area contributed by atoms with Gasteiger partial charge in [0.1, 0.15) is 0 Å². The summed E-state index contributed by atoms with van der Waals surface area (Å²) in [5, 5.41) is 1.14. The van der Waals surface area contributed by atoms with Crippen molar-refractivity contribution < 1.29 is 12.7 Å². The fourth-order valence-electron chi connectivity index (χ4n) is 1.79. The molecule has 0 radical (unpaired) electrons. The largest absolute Gasteiger partial charge is 0.435 e. The Morgan fingerprint density at radius 1 is 1.11 bits per heavy atom. The Bertz CT molecular complexity index is 411. The van der Waals surface area contributed by atoms with Crippen molar-refractivity contribution in [2.45, 2.75) is 26.2 Å². The van der Waals surface area contributed by atoms with Gasteiger partial charge >= 0.3 is 8.56 Å². The fourth-order valence-corrected chi connectivity index (χ4v) is 10.7. The average molecular weight is 313 g/mol. The summed E-state index contributed by atoms with van der Waals surface area (Å²) in [5.74, 6) is 0. The molecule has 1 rings (SSSR count). The molecule has 0 bridgehead atoms. The first-order valence-corrected chi connectivity index (χ1v) is 13.8. The third-order valence-corrected chi connectivity index (χ3v) is 13.1. The molecule has 0 aliphatic rings. The Kier molecular flexibility index (Phi) is 5.90. The fraction of sp³-hybridized carbons (Fsp3) is 0.385. The van der Waals surface area contributed by atoms with Crippen molar-refractivity contribution in [1.29, 1.82) is 0 Å². The summed E-state index contributed by atoms with van der Waals surface area (Å²) in [4.78, 5) is 0. The zero-order chi connectivity index (χ0) is 14.5. The maximum Gasteiger partial charge on any atom is 0.360 e. The first kappa shape index (κ1) is 16.5. The van der Waals surface area contributed by atoms with Crippen molar-refractivity contribution in [2.24, 2.45) is 0 Å². The maximum atomic E-state index is 6.23. The summed E-state index contributed by atoms with van der Waals surface area (Å²) < 4.78 is 18.0.